The maximum Gasteiger partial charge on any atom is 0.256 e. The predicted octanol–water partition coefficient (Wildman–Crippen LogP) is 2.02. The third-order valence-corrected chi connectivity index (χ3v) is 3.44. The number of methoxy groups -OCH3 is 1. The van der Waals surface area contributed by atoms with Crippen LogP contribution in [0, 0.1) is 11.8 Å². The number of nitrogens with two attached hydrogens (primary N) is 1. The van der Waals surface area contributed by atoms with Gasteiger partial charge in [-0.2, -0.15) is 5.10 Å². The fourth-order valence-corrected chi connectivity index (χ4v) is 2.37. The zero-order valence-electron chi connectivity index (χ0n) is 12.2. The number of rotatable bonds is 5. The van der Waals surface area contributed by atoms with Gasteiger partial charge < -0.3 is 10.5 Å². The molecule has 0 bridgehead atoms. The van der Waals surface area contributed by atoms with E-state index in [1.165, 1.54) is 5.01 Å². The Balaban J connectivity index is 2.29. The van der Waals surface area contributed by atoms with Crippen LogP contribution in [0.1, 0.15) is 20.3 Å². The van der Waals surface area contributed by atoms with Crippen molar-refractivity contribution in [2.45, 2.75) is 20.3 Å². The monoisotopic (exact) mass is 275 g/mol. The van der Waals surface area contributed by atoms with E-state index in [4.69, 9.17) is 10.5 Å². The number of anilines is 1. The third kappa shape index (κ3) is 2.67. The van der Waals surface area contributed by atoms with Gasteiger partial charge in [0.1, 0.15) is 5.75 Å². The van der Waals surface area contributed by atoms with Crippen LogP contribution in [-0.4, -0.2) is 25.3 Å². The second-order valence-electron chi connectivity index (χ2n) is 5.16. The summed E-state index contributed by atoms with van der Waals surface area (Å²) >= 11 is 0. The summed E-state index contributed by atoms with van der Waals surface area (Å²) in [5.74, 6) is 0.803. The molecule has 5 nitrogen and oxygen atoms in total. The molecular formula is C15H21N3O2. The van der Waals surface area contributed by atoms with Gasteiger partial charge in [-0.15, -0.1) is 0 Å². The Morgan fingerprint density at radius 3 is 2.50 bits per heavy atom. The number of carbonyl (C=O) groups is 1. The smallest absolute Gasteiger partial charge is 0.256 e. The van der Waals surface area contributed by atoms with Crippen molar-refractivity contribution in [2.75, 3.05) is 18.7 Å². The van der Waals surface area contributed by atoms with Crippen molar-refractivity contribution in [3.63, 3.8) is 0 Å². The SMILES string of the molecule is COc1ccc(N2N=C(C(C)C)C(CCN)C2=O)cc1. The van der Waals surface area contributed by atoms with E-state index >= 15 is 0 Å². The summed E-state index contributed by atoms with van der Waals surface area (Å²) in [6, 6.07) is 7.32. The summed E-state index contributed by atoms with van der Waals surface area (Å²) in [7, 11) is 1.61. The lowest BCUT2D eigenvalue weighted by Crippen LogP contribution is -2.30. The molecule has 5 heteroatoms. The maximum atomic E-state index is 12.5. The zero-order chi connectivity index (χ0) is 14.7. The van der Waals surface area contributed by atoms with Gasteiger partial charge in [-0.1, -0.05) is 13.8 Å². The highest BCUT2D eigenvalue weighted by Crippen LogP contribution is 2.29. The van der Waals surface area contributed by atoms with Crippen LogP contribution in [0.25, 0.3) is 0 Å². The van der Waals surface area contributed by atoms with Gasteiger partial charge in [0.15, 0.2) is 0 Å². The molecule has 1 aromatic rings. The average molecular weight is 275 g/mol. The van der Waals surface area contributed by atoms with E-state index in [1.807, 2.05) is 38.1 Å². The molecule has 1 aliphatic rings. The van der Waals surface area contributed by atoms with Gasteiger partial charge in [-0.05, 0) is 43.1 Å². The number of carbonyl (C=O) groups excluding carboxylic acids is 1. The standard InChI is InChI=1S/C15H21N3O2/c1-10(2)14-13(8-9-16)15(19)18(17-14)11-4-6-12(20-3)7-5-11/h4-7,10,13H,8-9,16H2,1-3H3. The number of amides is 1. The number of nitrogens with zero attached hydrogens (tertiary/aromatic N) is 2. The minimum atomic E-state index is -0.192. The highest BCUT2D eigenvalue weighted by molar-refractivity contribution is 6.16. The minimum absolute atomic E-state index is 0.00400. The summed E-state index contributed by atoms with van der Waals surface area (Å²) in [5.41, 5.74) is 7.28. The molecule has 0 saturated heterocycles. The van der Waals surface area contributed by atoms with Gasteiger partial charge >= 0.3 is 0 Å². The first-order valence-electron chi connectivity index (χ1n) is 6.85. The van der Waals surface area contributed by atoms with E-state index in [9.17, 15) is 4.79 Å². The molecule has 1 amide bonds. The van der Waals surface area contributed by atoms with Crippen LogP contribution >= 0.6 is 0 Å². The lowest BCUT2D eigenvalue weighted by Gasteiger charge is -2.14. The maximum absolute atomic E-state index is 12.5. The van der Waals surface area contributed by atoms with Gasteiger partial charge in [0.25, 0.3) is 5.91 Å². The molecule has 0 saturated carbocycles. The van der Waals surface area contributed by atoms with Gasteiger partial charge in [-0.25, -0.2) is 5.01 Å². The summed E-state index contributed by atoms with van der Waals surface area (Å²) in [4.78, 5) is 12.5. The Labute approximate surface area is 119 Å². The molecule has 1 aliphatic heterocycles. The average Bonchev–Trinajstić information content (AvgIpc) is 2.77. The Bertz CT molecular complexity index is 508. The molecule has 0 fully saturated rings. The van der Waals surface area contributed by atoms with Crippen molar-refractivity contribution in [2.24, 2.45) is 22.7 Å². The molecule has 0 spiro atoms. The summed E-state index contributed by atoms with van der Waals surface area (Å²) in [6.45, 7) is 4.58. The molecule has 2 N–H and O–H groups in total. The number of hydrazone groups is 1. The fourth-order valence-electron chi connectivity index (χ4n) is 2.37. The summed E-state index contributed by atoms with van der Waals surface area (Å²) in [5, 5.41) is 5.98. The van der Waals surface area contributed by atoms with E-state index in [2.05, 4.69) is 5.10 Å². The van der Waals surface area contributed by atoms with Crippen LogP contribution in [-0.2, 0) is 4.79 Å². The Morgan fingerprint density at radius 1 is 1.35 bits per heavy atom. The van der Waals surface area contributed by atoms with Gasteiger partial charge in [0, 0.05) is 0 Å². The van der Waals surface area contributed by atoms with Crippen molar-refractivity contribution in [1.29, 1.82) is 0 Å². The number of ether oxygens (including phenoxy) is 1. The van der Waals surface area contributed by atoms with Crippen molar-refractivity contribution in [3.8, 4) is 5.75 Å². The predicted molar refractivity (Wildman–Crippen MR) is 79.9 cm³/mol. The molecule has 0 radical (unpaired) electrons. The van der Waals surface area contributed by atoms with Crippen LogP contribution in [0.3, 0.4) is 0 Å². The minimum Gasteiger partial charge on any atom is -0.497 e. The Hall–Kier alpha value is -1.88. The van der Waals surface area contributed by atoms with Crippen molar-refractivity contribution >= 4 is 17.3 Å². The number of hydrogen-bond donors (Lipinski definition) is 1. The molecule has 2 rings (SSSR count). The van der Waals surface area contributed by atoms with Gasteiger partial charge in [-0.3, -0.25) is 4.79 Å². The van der Waals surface area contributed by atoms with Crippen molar-refractivity contribution in [1.82, 2.24) is 0 Å². The number of hydrogen-bond acceptors (Lipinski definition) is 4. The third-order valence-electron chi connectivity index (χ3n) is 3.44. The first-order valence-corrected chi connectivity index (χ1v) is 6.85. The molecule has 1 heterocycles. The van der Waals surface area contributed by atoms with Crippen LogP contribution in [0.5, 0.6) is 5.75 Å². The van der Waals surface area contributed by atoms with E-state index in [0.717, 1.165) is 17.1 Å². The highest BCUT2D eigenvalue weighted by Gasteiger charge is 2.37. The quantitative estimate of drug-likeness (QED) is 0.894. The van der Waals surface area contributed by atoms with E-state index in [0.29, 0.717) is 13.0 Å². The van der Waals surface area contributed by atoms with Crippen molar-refractivity contribution in [3.05, 3.63) is 24.3 Å². The molecule has 0 aliphatic carbocycles. The molecule has 1 aromatic carbocycles. The first kappa shape index (κ1) is 14.5. The summed E-state index contributed by atoms with van der Waals surface area (Å²) in [6.07, 6.45) is 0.641. The second kappa shape index (κ2) is 6.05. The molecule has 0 aromatic heterocycles. The number of benzene rings is 1. The lowest BCUT2D eigenvalue weighted by molar-refractivity contribution is -0.119. The second-order valence-corrected chi connectivity index (χ2v) is 5.16. The molecule has 1 unspecified atom stereocenters. The van der Waals surface area contributed by atoms with Crippen LogP contribution in [0.4, 0.5) is 5.69 Å². The van der Waals surface area contributed by atoms with Crippen LogP contribution < -0.4 is 15.5 Å². The molecule has 1 atom stereocenters. The van der Waals surface area contributed by atoms with Gasteiger partial charge in [0.05, 0.1) is 24.4 Å². The molecule has 20 heavy (non-hydrogen) atoms. The fraction of sp³-hybridized carbons (Fsp3) is 0.467. The van der Waals surface area contributed by atoms with Gasteiger partial charge in [0.2, 0.25) is 0 Å². The zero-order valence-corrected chi connectivity index (χ0v) is 12.2. The topological polar surface area (TPSA) is 67.9 Å². The van der Waals surface area contributed by atoms with E-state index in [1.54, 1.807) is 7.11 Å². The Morgan fingerprint density at radius 2 is 2.00 bits per heavy atom. The first-order chi connectivity index (χ1) is 9.58. The molecular weight excluding hydrogens is 254 g/mol. The lowest BCUT2D eigenvalue weighted by atomic mass is 9.92. The largest absolute Gasteiger partial charge is 0.497 e. The normalized spacial score (nSPS) is 18.6. The van der Waals surface area contributed by atoms with Crippen LogP contribution in [0.15, 0.2) is 29.4 Å². The highest BCUT2D eigenvalue weighted by atomic mass is 16.5. The van der Waals surface area contributed by atoms with E-state index in [-0.39, 0.29) is 17.7 Å². The Kier molecular flexibility index (Phi) is 4.39. The molecule has 108 valence electrons. The van der Waals surface area contributed by atoms with Crippen molar-refractivity contribution < 1.29 is 9.53 Å². The van der Waals surface area contributed by atoms with E-state index < -0.39 is 0 Å². The summed E-state index contributed by atoms with van der Waals surface area (Å²) < 4.78 is 5.12. The van der Waals surface area contributed by atoms with Crippen LogP contribution in [0.2, 0.25) is 0 Å².